The Bertz CT molecular complexity index is 582. The van der Waals surface area contributed by atoms with Crippen molar-refractivity contribution in [1.82, 2.24) is 9.78 Å². The lowest BCUT2D eigenvalue weighted by Gasteiger charge is -2.01. The van der Waals surface area contributed by atoms with E-state index in [0.717, 1.165) is 5.56 Å². The van der Waals surface area contributed by atoms with Gasteiger partial charge in [0.15, 0.2) is 5.82 Å². The van der Waals surface area contributed by atoms with Crippen molar-refractivity contribution in [1.29, 1.82) is 0 Å². The first kappa shape index (κ1) is 12.6. The van der Waals surface area contributed by atoms with Crippen LogP contribution in [0.5, 0.6) is 0 Å². The van der Waals surface area contributed by atoms with Crippen LogP contribution in [-0.2, 0) is 11.3 Å². The second-order valence-electron chi connectivity index (χ2n) is 3.83. The Morgan fingerprint density at radius 1 is 1.56 bits per heavy atom. The maximum absolute atomic E-state index is 13.0. The number of amides is 1. The Morgan fingerprint density at radius 2 is 2.33 bits per heavy atom. The zero-order valence-electron chi connectivity index (χ0n) is 9.65. The molecule has 18 heavy (non-hydrogen) atoms. The number of aromatic nitrogens is 2. The Labute approximate surface area is 108 Å². The van der Waals surface area contributed by atoms with Gasteiger partial charge in [-0.25, -0.2) is 4.39 Å². The van der Waals surface area contributed by atoms with E-state index < -0.39 is 0 Å². The lowest BCUT2D eigenvalue weighted by molar-refractivity contribution is -0.114. The van der Waals surface area contributed by atoms with E-state index in [-0.39, 0.29) is 11.7 Å². The maximum atomic E-state index is 13.0. The van der Waals surface area contributed by atoms with Crippen molar-refractivity contribution in [3.05, 3.63) is 46.9 Å². The van der Waals surface area contributed by atoms with Crippen molar-refractivity contribution < 1.29 is 9.18 Å². The molecular formula is C12H11ClFN3O. The van der Waals surface area contributed by atoms with E-state index in [4.69, 9.17) is 11.6 Å². The molecule has 0 bridgehead atoms. The Kier molecular flexibility index (Phi) is 3.62. The molecule has 0 saturated heterocycles. The second kappa shape index (κ2) is 5.18. The Hall–Kier alpha value is -1.88. The minimum Gasteiger partial charge on any atom is -0.308 e. The summed E-state index contributed by atoms with van der Waals surface area (Å²) in [6.45, 7) is 1.76. The van der Waals surface area contributed by atoms with Crippen molar-refractivity contribution in [2.45, 2.75) is 13.5 Å². The number of anilines is 1. The number of nitrogens with one attached hydrogen (secondary N) is 1. The lowest BCUT2D eigenvalue weighted by atomic mass is 10.2. The van der Waals surface area contributed by atoms with Crippen molar-refractivity contribution >= 4 is 23.3 Å². The van der Waals surface area contributed by atoms with E-state index in [9.17, 15) is 9.18 Å². The minimum absolute atomic E-state index is 0.243. The number of halogens is 2. The first-order valence-corrected chi connectivity index (χ1v) is 5.67. The molecule has 0 atom stereocenters. The highest BCUT2D eigenvalue weighted by molar-refractivity contribution is 6.33. The second-order valence-corrected chi connectivity index (χ2v) is 4.24. The summed E-state index contributed by atoms with van der Waals surface area (Å²) < 4.78 is 14.6. The van der Waals surface area contributed by atoms with Crippen LogP contribution in [0.15, 0.2) is 30.5 Å². The summed E-state index contributed by atoms with van der Waals surface area (Å²) in [5.74, 6) is -0.235. The van der Waals surface area contributed by atoms with Crippen LogP contribution in [0.4, 0.5) is 10.2 Å². The van der Waals surface area contributed by atoms with Gasteiger partial charge in [0.05, 0.1) is 6.54 Å². The third kappa shape index (κ3) is 3.07. The monoisotopic (exact) mass is 267 g/mol. The fraction of sp³-hybridized carbons (Fsp3) is 0.167. The quantitative estimate of drug-likeness (QED) is 0.929. The molecule has 1 heterocycles. The molecule has 0 aliphatic rings. The zero-order chi connectivity index (χ0) is 13.1. The smallest absolute Gasteiger partial charge is 0.222 e. The molecule has 2 aromatic rings. The van der Waals surface area contributed by atoms with Gasteiger partial charge in [-0.2, -0.15) is 5.10 Å². The topological polar surface area (TPSA) is 46.9 Å². The van der Waals surface area contributed by atoms with Gasteiger partial charge in [0.1, 0.15) is 10.8 Å². The summed E-state index contributed by atoms with van der Waals surface area (Å²) in [5, 5.41) is 6.97. The fourth-order valence-corrected chi connectivity index (χ4v) is 1.75. The summed E-state index contributed by atoms with van der Waals surface area (Å²) in [7, 11) is 0. The van der Waals surface area contributed by atoms with Crippen LogP contribution in [-0.4, -0.2) is 15.7 Å². The number of rotatable bonds is 3. The zero-order valence-corrected chi connectivity index (χ0v) is 10.4. The van der Waals surface area contributed by atoms with Crippen LogP contribution in [0, 0.1) is 5.82 Å². The van der Waals surface area contributed by atoms with Crippen molar-refractivity contribution in [3.63, 3.8) is 0 Å². The van der Waals surface area contributed by atoms with Gasteiger partial charge in [0.25, 0.3) is 0 Å². The molecule has 1 aromatic carbocycles. The van der Waals surface area contributed by atoms with Crippen LogP contribution < -0.4 is 5.32 Å². The highest BCUT2D eigenvalue weighted by Gasteiger charge is 2.08. The van der Waals surface area contributed by atoms with E-state index in [0.29, 0.717) is 17.4 Å². The predicted octanol–water partition coefficient (Wildman–Crippen LogP) is 2.68. The molecule has 0 aliphatic carbocycles. The van der Waals surface area contributed by atoms with Crippen molar-refractivity contribution in [2.24, 2.45) is 0 Å². The molecule has 6 heteroatoms. The Morgan fingerprint density at radius 3 is 3.00 bits per heavy atom. The van der Waals surface area contributed by atoms with Gasteiger partial charge >= 0.3 is 0 Å². The molecule has 0 saturated carbocycles. The molecule has 4 nitrogen and oxygen atoms in total. The van der Waals surface area contributed by atoms with E-state index >= 15 is 0 Å². The molecule has 0 spiro atoms. The highest BCUT2D eigenvalue weighted by Crippen LogP contribution is 2.19. The number of benzene rings is 1. The van der Waals surface area contributed by atoms with Gasteiger partial charge in [0, 0.05) is 13.1 Å². The predicted molar refractivity (Wildman–Crippen MR) is 67.0 cm³/mol. The molecule has 0 aliphatic heterocycles. The number of carbonyl (C=O) groups excluding carboxylic acids is 1. The molecular weight excluding hydrogens is 257 g/mol. The minimum atomic E-state index is -0.298. The molecule has 0 unspecified atom stereocenters. The maximum Gasteiger partial charge on any atom is 0.222 e. The largest absolute Gasteiger partial charge is 0.308 e. The standard InChI is InChI=1S/C12H11ClFN3O/c1-8(18)15-12-11(13)7-17(16-12)6-9-3-2-4-10(14)5-9/h2-5,7H,6H2,1H3,(H,15,16,18). The van der Waals surface area contributed by atoms with Crippen molar-refractivity contribution in [2.75, 3.05) is 5.32 Å². The van der Waals surface area contributed by atoms with Crippen molar-refractivity contribution in [3.8, 4) is 0 Å². The summed E-state index contributed by atoms with van der Waals surface area (Å²) in [6, 6.07) is 6.22. The molecule has 1 aromatic heterocycles. The van der Waals surface area contributed by atoms with Gasteiger partial charge < -0.3 is 5.32 Å². The average Bonchev–Trinajstić information content (AvgIpc) is 2.58. The molecule has 94 valence electrons. The number of carbonyl (C=O) groups is 1. The van der Waals surface area contributed by atoms with Crippen LogP contribution in [0.3, 0.4) is 0 Å². The molecule has 1 amide bonds. The van der Waals surface area contributed by atoms with E-state index in [1.807, 2.05) is 0 Å². The normalized spacial score (nSPS) is 10.4. The van der Waals surface area contributed by atoms with Gasteiger partial charge in [-0.05, 0) is 17.7 Å². The van der Waals surface area contributed by atoms with Crippen LogP contribution in [0.25, 0.3) is 0 Å². The summed E-state index contributed by atoms with van der Waals surface area (Å²) in [6.07, 6.45) is 1.58. The van der Waals surface area contributed by atoms with Crippen LogP contribution in [0.2, 0.25) is 5.02 Å². The van der Waals surface area contributed by atoms with Crippen LogP contribution in [0.1, 0.15) is 12.5 Å². The SMILES string of the molecule is CC(=O)Nc1nn(Cc2cccc(F)c2)cc1Cl. The van der Waals surface area contributed by atoms with Crippen LogP contribution >= 0.6 is 11.6 Å². The van der Waals surface area contributed by atoms with Gasteiger partial charge in [0.2, 0.25) is 5.91 Å². The third-order valence-electron chi connectivity index (χ3n) is 2.25. The van der Waals surface area contributed by atoms with Gasteiger partial charge in [-0.1, -0.05) is 23.7 Å². The summed E-state index contributed by atoms with van der Waals surface area (Å²) in [4.78, 5) is 10.9. The summed E-state index contributed by atoms with van der Waals surface area (Å²) in [5.41, 5.74) is 0.767. The third-order valence-corrected chi connectivity index (χ3v) is 2.52. The van der Waals surface area contributed by atoms with E-state index in [1.165, 1.54) is 19.1 Å². The van der Waals surface area contributed by atoms with Gasteiger partial charge in [-0.15, -0.1) is 0 Å². The van der Waals surface area contributed by atoms with E-state index in [2.05, 4.69) is 10.4 Å². The number of hydrogen-bond donors (Lipinski definition) is 1. The molecule has 1 N–H and O–H groups in total. The highest BCUT2D eigenvalue weighted by atomic mass is 35.5. The first-order chi connectivity index (χ1) is 8.54. The fourth-order valence-electron chi connectivity index (χ4n) is 1.55. The summed E-state index contributed by atoms with van der Waals surface area (Å²) >= 11 is 5.91. The van der Waals surface area contributed by atoms with Gasteiger partial charge in [-0.3, -0.25) is 9.48 Å². The number of hydrogen-bond acceptors (Lipinski definition) is 2. The van der Waals surface area contributed by atoms with E-state index in [1.54, 1.807) is 23.0 Å². The number of nitrogens with zero attached hydrogens (tertiary/aromatic N) is 2. The molecule has 0 fully saturated rings. The lowest BCUT2D eigenvalue weighted by Crippen LogP contribution is -2.08. The molecule has 0 radical (unpaired) electrons. The first-order valence-electron chi connectivity index (χ1n) is 5.29. The Balaban J connectivity index is 2.17. The molecule has 2 rings (SSSR count). The average molecular weight is 268 g/mol.